The van der Waals surface area contributed by atoms with Crippen LogP contribution in [-0.2, 0) is 4.79 Å². The zero-order valence-corrected chi connectivity index (χ0v) is 10.3. The lowest BCUT2D eigenvalue weighted by Gasteiger charge is -2.28. The zero-order chi connectivity index (χ0) is 12.0. The number of unbranched alkanes of at least 4 members (excludes halogenated alkanes) is 4. The summed E-state index contributed by atoms with van der Waals surface area (Å²) in [4.78, 5) is 23.9. The van der Waals surface area contributed by atoms with Gasteiger partial charge in [0.05, 0.1) is 0 Å². The smallest absolute Gasteiger partial charge is 0.324 e. The van der Waals surface area contributed by atoms with Gasteiger partial charge in [0.1, 0.15) is 0 Å². The van der Waals surface area contributed by atoms with Gasteiger partial charge >= 0.3 is 6.03 Å². The van der Waals surface area contributed by atoms with E-state index in [4.69, 9.17) is 0 Å². The Morgan fingerprint density at radius 3 is 2.56 bits per heavy atom. The van der Waals surface area contributed by atoms with Crippen molar-refractivity contribution in [2.24, 2.45) is 0 Å². The highest BCUT2D eigenvalue weighted by molar-refractivity contribution is 5.96. The van der Waals surface area contributed by atoms with Crippen LogP contribution in [0.15, 0.2) is 0 Å². The molecule has 0 saturated carbocycles. The number of hydrogen-bond donors (Lipinski definition) is 1. The second kappa shape index (κ2) is 6.51. The van der Waals surface area contributed by atoms with Crippen molar-refractivity contribution in [1.29, 1.82) is 0 Å². The molecule has 16 heavy (non-hydrogen) atoms. The summed E-state index contributed by atoms with van der Waals surface area (Å²) in [5.74, 6) is -0.0673. The number of rotatable bonds is 6. The second-order valence-electron chi connectivity index (χ2n) is 4.51. The molecule has 0 radical (unpaired) electrons. The first-order valence-corrected chi connectivity index (χ1v) is 6.22. The fourth-order valence-corrected chi connectivity index (χ4v) is 1.95. The first-order valence-electron chi connectivity index (χ1n) is 6.22. The monoisotopic (exact) mass is 226 g/mol. The van der Waals surface area contributed by atoms with Crippen LogP contribution in [0.25, 0.3) is 0 Å². The summed E-state index contributed by atoms with van der Waals surface area (Å²) in [7, 11) is 1.52. The lowest BCUT2D eigenvalue weighted by Crippen LogP contribution is -2.52. The lowest BCUT2D eigenvalue weighted by molar-refractivity contribution is -0.129. The van der Waals surface area contributed by atoms with Crippen LogP contribution in [0.1, 0.15) is 51.9 Å². The van der Waals surface area contributed by atoms with Gasteiger partial charge in [-0.2, -0.15) is 0 Å². The van der Waals surface area contributed by atoms with E-state index in [1.807, 2.05) is 0 Å². The van der Waals surface area contributed by atoms with Gasteiger partial charge in [0.2, 0.25) is 5.91 Å². The topological polar surface area (TPSA) is 49.4 Å². The van der Waals surface area contributed by atoms with Crippen molar-refractivity contribution >= 4 is 11.9 Å². The first kappa shape index (κ1) is 13.0. The second-order valence-corrected chi connectivity index (χ2v) is 4.51. The highest BCUT2D eigenvalue weighted by Gasteiger charge is 2.28. The molecule has 0 aliphatic carbocycles. The molecule has 92 valence electrons. The highest BCUT2D eigenvalue weighted by atomic mass is 16.2. The number of amides is 3. The quantitative estimate of drug-likeness (QED) is 0.706. The van der Waals surface area contributed by atoms with E-state index in [0.717, 1.165) is 17.7 Å². The van der Waals surface area contributed by atoms with Crippen molar-refractivity contribution in [1.82, 2.24) is 10.2 Å². The number of carbonyl (C=O) groups excluding carboxylic acids is 2. The molecule has 0 aromatic carbocycles. The summed E-state index contributed by atoms with van der Waals surface area (Å²) >= 11 is 0. The number of nitrogens with zero attached hydrogens (tertiary/aromatic N) is 1. The Bertz CT molecular complexity index is 235. The SMILES string of the molecule is CCCCCCCC1CC(=O)N(C)C(=O)N1. The summed E-state index contributed by atoms with van der Waals surface area (Å²) in [6.07, 6.45) is 7.45. The van der Waals surface area contributed by atoms with Crippen molar-refractivity contribution in [2.75, 3.05) is 7.05 Å². The Morgan fingerprint density at radius 2 is 1.94 bits per heavy atom. The summed E-state index contributed by atoms with van der Waals surface area (Å²) in [6.45, 7) is 2.19. The van der Waals surface area contributed by atoms with Gasteiger partial charge in [0, 0.05) is 19.5 Å². The van der Waals surface area contributed by atoms with Gasteiger partial charge in [-0.1, -0.05) is 39.0 Å². The Morgan fingerprint density at radius 1 is 1.25 bits per heavy atom. The predicted molar refractivity (Wildman–Crippen MR) is 63.1 cm³/mol. The van der Waals surface area contributed by atoms with Crippen LogP contribution in [0.4, 0.5) is 4.79 Å². The van der Waals surface area contributed by atoms with Crippen molar-refractivity contribution < 1.29 is 9.59 Å². The van der Waals surface area contributed by atoms with Crippen molar-refractivity contribution in [3.63, 3.8) is 0 Å². The molecule has 0 aromatic heterocycles. The third-order valence-corrected chi connectivity index (χ3v) is 3.08. The fraction of sp³-hybridized carbons (Fsp3) is 0.833. The van der Waals surface area contributed by atoms with E-state index in [-0.39, 0.29) is 18.0 Å². The molecule has 3 amide bonds. The van der Waals surface area contributed by atoms with E-state index in [2.05, 4.69) is 12.2 Å². The molecule has 0 aromatic rings. The molecule has 1 heterocycles. The van der Waals surface area contributed by atoms with E-state index in [1.165, 1.54) is 32.7 Å². The van der Waals surface area contributed by atoms with Crippen LogP contribution in [0, 0.1) is 0 Å². The summed E-state index contributed by atoms with van der Waals surface area (Å²) in [5.41, 5.74) is 0. The van der Waals surface area contributed by atoms with Gasteiger partial charge < -0.3 is 5.32 Å². The van der Waals surface area contributed by atoms with Crippen LogP contribution < -0.4 is 5.32 Å². The van der Waals surface area contributed by atoms with Gasteiger partial charge in [0.25, 0.3) is 0 Å². The van der Waals surface area contributed by atoms with E-state index in [1.54, 1.807) is 0 Å². The molecular formula is C12H22N2O2. The normalized spacial score (nSPS) is 21.1. The largest absolute Gasteiger partial charge is 0.334 e. The minimum absolute atomic E-state index is 0.0535. The van der Waals surface area contributed by atoms with Gasteiger partial charge in [-0.3, -0.25) is 9.69 Å². The summed E-state index contributed by atoms with van der Waals surface area (Å²) in [5, 5.41) is 2.85. The van der Waals surface area contributed by atoms with Gasteiger partial charge in [-0.15, -0.1) is 0 Å². The highest BCUT2D eigenvalue weighted by Crippen LogP contribution is 2.13. The number of hydrogen-bond acceptors (Lipinski definition) is 2. The third kappa shape index (κ3) is 3.83. The molecule has 1 aliphatic heterocycles. The van der Waals surface area contributed by atoms with Crippen LogP contribution in [0.3, 0.4) is 0 Å². The Balaban J connectivity index is 2.18. The predicted octanol–water partition coefficient (Wildman–Crippen LogP) is 2.29. The van der Waals surface area contributed by atoms with Crippen LogP contribution in [0.2, 0.25) is 0 Å². The van der Waals surface area contributed by atoms with E-state index in [0.29, 0.717) is 6.42 Å². The minimum Gasteiger partial charge on any atom is -0.334 e. The zero-order valence-electron chi connectivity index (χ0n) is 10.3. The van der Waals surface area contributed by atoms with Crippen molar-refractivity contribution in [3.05, 3.63) is 0 Å². The number of urea groups is 1. The van der Waals surface area contributed by atoms with E-state index < -0.39 is 0 Å². The molecule has 0 bridgehead atoms. The number of imide groups is 1. The molecule has 1 atom stereocenters. The molecule has 1 unspecified atom stereocenters. The molecule has 1 aliphatic rings. The number of carbonyl (C=O) groups is 2. The Hall–Kier alpha value is -1.06. The van der Waals surface area contributed by atoms with Crippen LogP contribution >= 0.6 is 0 Å². The number of nitrogens with one attached hydrogen (secondary N) is 1. The molecule has 1 fully saturated rings. The van der Waals surface area contributed by atoms with Crippen LogP contribution in [0.5, 0.6) is 0 Å². The van der Waals surface area contributed by atoms with Crippen molar-refractivity contribution in [2.45, 2.75) is 57.9 Å². The average molecular weight is 226 g/mol. The maximum absolute atomic E-state index is 11.4. The van der Waals surface area contributed by atoms with E-state index in [9.17, 15) is 9.59 Å². The Kier molecular flexibility index (Phi) is 5.29. The third-order valence-electron chi connectivity index (χ3n) is 3.08. The maximum Gasteiger partial charge on any atom is 0.324 e. The van der Waals surface area contributed by atoms with Gasteiger partial charge in [-0.05, 0) is 6.42 Å². The van der Waals surface area contributed by atoms with Gasteiger partial charge in [0.15, 0.2) is 0 Å². The molecule has 1 N–H and O–H groups in total. The molecule has 1 saturated heterocycles. The molecule has 0 spiro atoms. The lowest BCUT2D eigenvalue weighted by atomic mass is 10.0. The average Bonchev–Trinajstić information content (AvgIpc) is 2.25. The fourth-order valence-electron chi connectivity index (χ4n) is 1.95. The van der Waals surface area contributed by atoms with Crippen molar-refractivity contribution in [3.8, 4) is 0 Å². The first-order chi connectivity index (χ1) is 7.65. The van der Waals surface area contributed by atoms with Crippen LogP contribution in [-0.4, -0.2) is 29.9 Å². The van der Waals surface area contributed by atoms with E-state index >= 15 is 0 Å². The minimum atomic E-state index is -0.255. The molecular weight excluding hydrogens is 204 g/mol. The Labute approximate surface area is 97.4 Å². The summed E-state index contributed by atoms with van der Waals surface area (Å²) in [6, 6.07) is -0.201. The standard InChI is InChI=1S/C12H22N2O2/c1-3-4-5-6-7-8-10-9-11(15)14(2)12(16)13-10/h10H,3-9H2,1-2H3,(H,13,16). The molecule has 4 nitrogen and oxygen atoms in total. The molecule has 1 rings (SSSR count). The maximum atomic E-state index is 11.4. The molecule has 4 heteroatoms. The summed E-state index contributed by atoms with van der Waals surface area (Å²) < 4.78 is 0. The van der Waals surface area contributed by atoms with Gasteiger partial charge in [-0.25, -0.2) is 4.79 Å².